The van der Waals surface area contributed by atoms with Crippen molar-refractivity contribution in [3.63, 3.8) is 0 Å². The number of nitrogens with one attached hydrogen (secondary N) is 1. The second kappa shape index (κ2) is 4.99. The average Bonchev–Trinajstić information content (AvgIpc) is 2.88. The average molecular weight is 273 g/mol. The standard InChI is InChI=1S/C15H13ClN2O/c16-11-5-4-10(9-17)14(8-11)18-13-2-1-3-15-12(13)6-7-19-15/h4-8,13,18H,1-3H2. The summed E-state index contributed by atoms with van der Waals surface area (Å²) in [4.78, 5) is 0. The molecule has 1 aromatic carbocycles. The van der Waals surface area contributed by atoms with Crippen molar-refractivity contribution in [1.29, 1.82) is 5.26 Å². The van der Waals surface area contributed by atoms with Gasteiger partial charge in [0.2, 0.25) is 0 Å². The van der Waals surface area contributed by atoms with Gasteiger partial charge in [-0.05, 0) is 37.1 Å². The van der Waals surface area contributed by atoms with Crippen LogP contribution in [0.2, 0.25) is 5.02 Å². The molecular weight excluding hydrogens is 260 g/mol. The Morgan fingerprint density at radius 1 is 1.37 bits per heavy atom. The van der Waals surface area contributed by atoms with E-state index in [2.05, 4.69) is 11.4 Å². The Hall–Kier alpha value is -1.92. The van der Waals surface area contributed by atoms with Gasteiger partial charge in [0.1, 0.15) is 11.8 Å². The third-order valence-electron chi connectivity index (χ3n) is 3.48. The minimum atomic E-state index is 0.188. The second-order valence-electron chi connectivity index (χ2n) is 4.69. The Bertz CT molecular complexity index is 642. The van der Waals surface area contributed by atoms with Crippen molar-refractivity contribution >= 4 is 17.3 Å². The lowest BCUT2D eigenvalue weighted by molar-refractivity contribution is 0.461. The summed E-state index contributed by atoms with van der Waals surface area (Å²) in [6, 6.07) is 9.65. The molecule has 0 saturated carbocycles. The van der Waals surface area contributed by atoms with Gasteiger partial charge in [-0.2, -0.15) is 5.26 Å². The van der Waals surface area contributed by atoms with Crippen molar-refractivity contribution in [2.24, 2.45) is 0 Å². The lowest BCUT2D eigenvalue weighted by Gasteiger charge is -2.24. The number of fused-ring (bicyclic) bond motifs is 1. The summed E-state index contributed by atoms with van der Waals surface area (Å²) in [6.07, 6.45) is 4.83. The topological polar surface area (TPSA) is 49.0 Å². The van der Waals surface area contributed by atoms with E-state index in [0.29, 0.717) is 10.6 Å². The molecule has 0 aliphatic heterocycles. The van der Waals surface area contributed by atoms with Gasteiger partial charge in [0.25, 0.3) is 0 Å². The van der Waals surface area contributed by atoms with E-state index in [1.54, 1.807) is 24.5 Å². The highest BCUT2D eigenvalue weighted by Crippen LogP contribution is 2.34. The first-order valence-electron chi connectivity index (χ1n) is 6.30. The number of halogens is 1. The number of hydrogen-bond acceptors (Lipinski definition) is 3. The van der Waals surface area contributed by atoms with Crippen molar-refractivity contribution in [2.75, 3.05) is 5.32 Å². The Labute approximate surface area is 116 Å². The number of hydrogen-bond donors (Lipinski definition) is 1. The van der Waals surface area contributed by atoms with Crippen LogP contribution in [0.25, 0.3) is 0 Å². The van der Waals surface area contributed by atoms with Crippen molar-refractivity contribution < 1.29 is 4.42 Å². The number of aryl methyl sites for hydroxylation is 1. The van der Waals surface area contributed by atoms with Gasteiger partial charge in [-0.25, -0.2) is 0 Å². The lowest BCUT2D eigenvalue weighted by atomic mass is 9.93. The van der Waals surface area contributed by atoms with E-state index in [4.69, 9.17) is 21.3 Å². The summed E-state index contributed by atoms with van der Waals surface area (Å²) in [5.74, 6) is 1.05. The molecule has 0 amide bonds. The molecule has 96 valence electrons. The van der Waals surface area contributed by atoms with Gasteiger partial charge in [-0.3, -0.25) is 0 Å². The largest absolute Gasteiger partial charge is 0.469 e. The predicted octanol–water partition coefficient (Wildman–Crippen LogP) is 4.29. The van der Waals surface area contributed by atoms with Crippen molar-refractivity contribution in [1.82, 2.24) is 0 Å². The maximum Gasteiger partial charge on any atom is 0.109 e. The van der Waals surface area contributed by atoms with Gasteiger partial charge < -0.3 is 9.73 Å². The fourth-order valence-electron chi connectivity index (χ4n) is 2.56. The summed E-state index contributed by atoms with van der Waals surface area (Å²) in [5.41, 5.74) is 2.59. The molecule has 19 heavy (non-hydrogen) atoms. The van der Waals surface area contributed by atoms with E-state index in [1.165, 1.54) is 5.56 Å². The van der Waals surface area contributed by atoms with Crippen LogP contribution >= 0.6 is 11.6 Å². The molecule has 1 aliphatic carbocycles. The van der Waals surface area contributed by atoms with Gasteiger partial charge >= 0.3 is 0 Å². The van der Waals surface area contributed by atoms with Crippen LogP contribution in [0, 0.1) is 11.3 Å². The van der Waals surface area contributed by atoms with E-state index < -0.39 is 0 Å². The molecule has 1 aliphatic rings. The molecule has 0 spiro atoms. The first kappa shape index (κ1) is 12.1. The van der Waals surface area contributed by atoms with Gasteiger partial charge in [0, 0.05) is 17.0 Å². The Morgan fingerprint density at radius 2 is 2.26 bits per heavy atom. The Balaban J connectivity index is 1.92. The third kappa shape index (κ3) is 2.32. The molecule has 0 saturated heterocycles. The van der Waals surface area contributed by atoms with E-state index >= 15 is 0 Å². The summed E-state index contributed by atoms with van der Waals surface area (Å²) in [7, 11) is 0. The number of nitrogens with zero attached hydrogens (tertiary/aromatic N) is 1. The molecule has 1 aromatic heterocycles. The van der Waals surface area contributed by atoms with Crippen LogP contribution in [-0.2, 0) is 6.42 Å². The van der Waals surface area contributed by atoms with Crippen LogP contribution in [0.1, 0.15) is 35.8 Å². The number of nitriles is 1. The zero-order valence-electron chi connectivity index (χ0n) is 10.3. The number of anilines is 1. The number of benzene rings is 1. The van der Waals surface area contributed by atoms with Crippen LogP contribution < -0.4 is 5.32 Å². The number of rotatable bonds is 2. The summed E-state index contributed by atoms with van der Waals surface area (Å²) >= 11 is 6.00. The number of furan rings is 1. The minimum absolute atomic E-state index is 0.188. The molecule has 1 N–H and O–H groups in total. The molecule has 0 radical (unpaired) electrons. The van der Waals surface area contributed by atoms with E-state index in [9.17, 15) is 0 Å². The summed E-state index contributed by atoms with van der Waals surface area (Å²) < 4.78 is 5.47. The summed E-state index contributed by atoms with van der Waals surface area (Å²) in [6.45, 7) is 0. The monoisotopic (exact) mass is 272 g/mol. The van der Waals surface area contributed by atoms with Crippen molar-refractivity contribution in [2.45, 2.75) is 25.3 Å². The smallest absolute Gasteiger partial charge is 0.109 e. The fraction of sp³-hybridized carbons (Fsp3) is 0.267. The Morgan fingerprint density at radius 3 is 3.11 bits per heavy atom. The third-order valence-corrected chi connectivity index (χ3v) is 3.72. The normalized spacial score (nSPS) is 17.6. The molecule has 4 heteroatoms. The fourth-order valence-corrected chi connectivity index (χ4v) is 2.73. The molecule has 3 nitrogen and oxygen atoms in total. The maximum atomic E-state index is 9.14. The van der Waals surface area contributed by atoms with Crippen LogP contribution in [0.5, 0.6) is 0 Å². The second-order valence-corrected chi connectivity index (χ2v) is 5.13. The highest BCUT2D eigenvalue weighted by atomic mass is 35.5. The Kier molecular flexibility index (Phi) is 3.18. The predicted molar refractivity (Wildman–Crippen MR) is 74.2 cm³/mol. The van der Waals surface area contributed by atoms with Gasteiger partial charge in [-0.15, -0.1) is 0 Å². The zero-order chi connectivity index (χ0) is 13.2. The SMILES string of the molecule is N#Cc1ccc(Cl)cc1NC1CCCc2occc21. The van der Waals surface area contributed by atoms with Crippen molar-refractivity contribution in [3.05, 3.63) is 52.4 Å². The first-order chi connectivity index (χ1) is 9.28. The van der Waals surface area contributed by atoms with Gasteiger partial charge in [0.05, 0.1) is 23.6 Å². The minimum Gasteiger partial charge on any atom is -0.469 e. The molecule has 0 bridgehead atoms. The van der Waals surface area contributed by atoms with E-state index in [0.717, 1.165) is 30.7 Å². The lowest BCUT2D eigenvalue weighted by Crippen LogP contribution is -2.16. The molecule has 0 fully saturated rings. The highest BCUT2D eigenvalue weighted by Gasteiger charge is 2.23. The van der Waals surface area contributed by atoms with E-state index in [1.807, 2.05) is 6.07 Å². The quantitative estimate of drug-likeness (QED) is 0.887. The molecular formula is C15H13ClN2O. The van der Waals surface area contributed by atoms with Crippen LogP contribution in [-0.4, -0.2) is 0 Å². The maximum absolute atomic E-state index is 9.14. The highest BCUT2D eigenvalue weighted by molar-refractivity contribution is 6.30. The van der Waals surface area contributed by atoms with Crippen molar-refractivity contribution in [3.8, 4) is 6.07 Å². The van der Waals surface area contributed by atoms with Gasteiger partial charge in [-0.1, -0.05) is 11.6 Å². The van der Waals surface area contributed by atoms with Crippen LogP contribution in [0.4, 0.5) is 5.69 Å². The van der Waals surface area contributed by atoms with E-state index in [-0.39, 0.29) is 6.04 Å². The molecule has 2 aromatic rings. The molecule has 3 rings (SSSR count). The first-order valence-corrected chi connectivity index (χ1v) is 6.68. The molecule has 1 atom stereocenters. The van der Waals surface area contributed by atoms with Gasteiger partial charge in [0.15, 0.2) is 0 Å². The molecule has 1 heterocycles. The van der Waals surface area contributed by atoms with Crippen LogP contribution in [0.3, 0.4) is 0 Å². The summed E-state index contributed by atoms with van der Waals surface area (Å²) in [5, 5.41) is 13.2. The molecule has 1 unspecified atom stereocenters. The zero-order valence-corrected chi connectivity index (χ0v) is 11.1. The van der Waals surface area contributed by atoms with Crippen LogP contribution in [0.15, 0.2) is 34.9 Å².